The number of rotatable bonds is 0. The maximum Gasteiger partial charge on any atom is 0.291 e. The molecule has 0 spiro atoms. The van der Waals surface area contributed by atoms with E-state index in [9.17, 15) is 0 Å². The molecule has 0 amide bonds. The van der Waals surface area contributed by atoms with Crippen LogP contribution in [0.3, 0.4) is 0 Å². The first-order chi connectivity index (χ1) is 1.73. The summed E-state index contributed by atoms with van der Waals surface area (Å²) in [5.74, 6) is 0. The lowest BCUT2D eigenvalue weighted by atomic mass is 12.0. The second-order valence-electron chi connectivity index (χ2n) is 0.238. The maximum atomic E-state index is 8.36. The summed E-state index contributed by atoms with van der Waals surface area (Å²) >= 11 is 0. The van der Waals surface area contributed by atoms with Crippen LogP contribution >= 0.6 is 0 Å². The van der Waals surface area contributed by atoms with Gasteiger partial charge in [-0.05, 0) is 0 Å². The van der Waals surface area contributed by atoms with Gasteiger partial charge in [0, 0.05) is 11.0 Å². The van der Waals surface area contributed by atoms with Crippen LogP contribution in [0.5, 0.6) is 0 Å². The first-order valence-corrected chi connectivity index (χ1v) is 0.565. The third-order valence-corrected chi connectivity index (χ3v) is 0. The molecular formula is CH5NO3Si. The lowest BCUT2D eigenvalue weighted by Gasteiger charge is -1.56. The highest BCUT2D eigenvalue weighted by Crippen LogP contribution is 1.38. The molecule has 0 aliphatic carbocycles. The molecule has 0 aromatic rings. The quantitative estimate of drug-likeness (QED) is 0.267. The Labute approximate surface area is 39.9 Å². The Morgan fingerprint density at radius 1 is 1.67 bits per heavy atom. The molecule has 4 radical (unpaired) electrons. The minimum Gasteiger partial charge on any atom is -0.328 e. The van der Waals surface area contributed by atoms with E-state index in [4.69, 9.17) is 15.3 Å². The van der Waals surface area contributed by atoms with Crippen LogP contribution in [0.25, 0.3) is 0 Å². The normalized spacial score (nSPS) is 4.00. The van der Waals surface area contributed by atoms with Crippen molar-refractivity contribution >= 4 is 11.0 Å². The second kappa shape index (κ2) is 8.83. The molecule has 0 saturated carbocycles. The molecule has 0 fully saturated rings. The fourth-order valence-corrected chi connectivity index (χ4v) is 0. The lowest BCUT2D eigenvalue weighted by molar-refractivity contribution is -0.742. The van der Waals surface area contributed by atoms with Crippen LogP contribution in [0.2, 0.25) is 0 Å². The molecule has 1 N–H and O–H groups in total. The van der Waals surface area contributed by atoms with Gasteiger partial charge < -0.3 is 5.21 Å². The van der Waals surface area contributed by atoms with Crippen LogP contribution < -0.4 is 0 Å². The fraction of sp³-hybridized carbons (Fsp3) is 1.00. The predicted molar refractivity (Wildman–Crippen MR) is 21.3 cm³/mol. The molecule has 0 rings (SSSR count). The van der Waals surface area contributed by atoms with Crippen LogP contribution in [0, 0.1) is 10.1 Å². The second-order valence-corrected chi connectivity index (χ2v) is 0.238. The van der Waals surface area contributed by atoms with Gasteiger partial charge in [-0.2, -0.15) is 0 Å². The molecule has 0 aromatic carbocycles. The van der Waals surface area contributed by atoms with Crippen molar-refractivity contribution in [2.24, 2.45) is 0 Å². The summed E-state index contributed by atoms with van der Waals surface area (Å²) < 4.78 is 0. The van der Waals surface area contributed by atoms with Gasteiger partial charge in [-0.25, -0.2) is 0 Å². The molecule has 36 valence electrons. The first-order valence-electron chi connectivity index (χ1n) is 0.565. The molecular weight excluding hydrogens is 102 g/mol. The first kappa shape index (κ1) is 18.1. The molecule has 0 aliphatic rings. The Bertz CT molecular complexity index is 33.8. The van der Waals surface area contributed by atoms with Crippen molar-refractivity contribution in [3.63, 3.8) is 0 Å². The average molecular weight is 107 g/mol. The van der Waals surface area contributed by atoms with Gasteiger partial charge in [0.2, 0.25) is 0 Å². The highest BCUT2D eigenvalue weighted by molar-refractivity contribution is 5.75. The van der Waals surface area contributed by atoms with Crippen molar-refractivity contribution in [2.45, 2.75) is 7.43 Å². The Balaban J connectivity index is -0.0000000450. The molecule has 0 aliphatic heterocycles. The Morgan fingerprint density at radius 3 is 1.67 bits per heavy atom. The minimum atomic E-state index is -1.50. The standard InChI is InChI=1S/CH4.HNO3.Si/c;2-1(3)4;/h1H4;(H,2,3,4);. The van der Waals surface area contributed by atoms with Crippen molar-refractivity contribution in [1.82, 2.24) is 0 Å². The van der Waals surface area contributed by atoms with Crippen LogP contribution in [-0.2, 0) is 0 Å². The molecule has 0 atom stereocenters. The van der Waals surface area contributed by atoms with E-state index in [2.05, 4.69) is 0 Å². The van der Waals surface area contributed by atoms with E-state index in [0.717, 1.165) is 0 Å². The monoisotopic (exact) mass is 107 g/mol. The van der Waals surface area contributed by atoms with Gasteiger partial charge in [-0.15, -0.1) is 10.1 Å². The number of hydrogen-bond donors (Lipinski definition) is 1. The fourth-order valence-electron chi connectivity index (χ4n) is 0. The molecule has 5 heteroatoms. The summed E-state index contributed by atoms with van der Waals surface area (Å²) in [6, 6.07) is 0. The average Bonchev–Trinajstić information content (AvgIpc) is 0.811. The lowest BCUT2D eigenvalue weighted by Crippen LogP contribution is -1.81. The third kappa shape index (κ3) is 58.7. The highest BCUT2D eigenvalue weighted by Gasteiger charge is 1.65. The molecule has 0 aromatic heterocycles. The van der Waals surface area contributed by atoms with Crippen LogP contribution in [-0.4, -0.2) is 21.3 Å². The summed E-state index contributed by atoms with van der Waals surface area (Å²) in [4.78, 5) is 8.36. The Morgan fingerprint density at radius 2 is 1.67 bits per heavy atom. The van der Waals surface area contributed by atoms with Crippen LogP contribution in [0.4, 0.5) is 0 Å². The molecule has 0 saturated heterocycles. The Kier molecular flexibility index (Phi) is 26.6. The van der Waals surface area contributed by atoms with E-state index < -0.39 is 5.09 Å². The predicted octanol–water partition coefficient (Wildman–Crippen LogP) is -0.0924. The van der Waals surface area contributed by atoms with E-state index in [0.29, 0.717) is 0 Å². The van der Waals surface area contributed by atoms with E-state index in [-0.39, 0.29) is 18.4 Å². The van der Waals surface area contributed by atoms with Crippen LogP contribution in [0.15, 0.2) is 0 Å². The van der Waals surface area contributed by atoms with Gasteiger partial charge >= 0.3 is 0 Å². The van der Waals surface area contributed by atoms with Gasteiger partial charge in [0.25, 0.3) is 5.09 Å². The molecule has 0 bridgehead atoms. The van der Waals surface area contributed by atoms with Crippen molar-refractivity contribution < 1.29 is 10.3 Å². The zero-order valence-electron chi connectivity index (χ0n) is 2.21. The van der Waals surface area contributed by atoms with E-state index in [1.54, 1.807) is 0 Å². The van der Waals surface area contributed by atoms with Crippen molar-refractivity contribution in [2.75, 3.05) is 0 Å². The van der Waals surface area contributed by atoms with E-state index in [1.807, 2.05) is 0 Å². The zero-order valence-corrected chi connectivity index (χ0v) is 3.21. The molecule has 0 unspecified atom stereocenters. The van der Waals surface area contributed by atoms with Crippen molar-refractivity contribution in [3.8, 4) is 0 Å². The maximum absolute atomic E-state index is 8.36. The van der Waals surface area contributed by atoms with Crippen molar-refractivity contribution in [3.05, 3.63) is 10.1 Å². The minimum absolute atomic E-state index is 0. The largest absolute Gasteiger partial charge is 0.328 e. The van der Waals surface area contributed by atoms with E-state index in [1.165, 1.54) is 0 Å². The van der Waals surface area contributed by atoms with E-state index >= 15 is 0 Å². The highest BCUT2D eigenvalue weighted by atomic mass is 28.1. The van der Waals surface area contributed by atoms with Crippen LogP contribution in [0.1, 0.15) is 7.43 Å². The van der Waals surface area contributed by atoms with Gasteiger partial charge in [0.15, 0.2) is 0 Å². The summed E-state index contributed by atoms with van der Waals surface area (Å²) in [6.07, 6.45) is 0. The van der Waals surface area contributed by atoms with Crippen molar-refractivity contribution in [1.29, 1.82) is 0 Å². The molecule has 6 heavy (non-hydrogen) atoms. The smallest absolute Gasteiger partial charge is 0.291 e. The topological polar surface area (TPSA) is 63.4 Å². The van der Waals surface area contributed by atoms with Gasteiger partial charge in [0.05, 0.1) is 0 Å². The summed E-state index contributed by atoms with van der Waals surface area (Å²) in [7, 11) is 0. The zero-order chi connectivity index (χ0) is 3.58. The summed E-state index contributed by atoms with van der Waals surface area (Å²) in [5.41, 5.74) is 0. The SMILES string of the molecule is C.O=[N+]([O-])O.[Si]. The number of nitrogens with zero attached hydrogens (tertiary/aromatic N) is 1. The third-order valence-electron chi connectivity index (χ3n) is 0. The number of hydrogen-bond acceptors (Lipinski definition) is 2. The van der Waals surface area contributed by atoms with Gasteiger partial charge in [-0.3, -0.25) is 0 Å². The molecule has 4 nitrogen and oxygen atoms in total. The molecule has 0 heterocycles. The summed E-state index contributed by atoms with van der Waals surface area (Å²) in [6.45, 7) is 0. The van der Waals surface area contributed by atoms with Gasteiger partial charge in [-0.1, -0.05) is 7.43 Å². The Hall–Kier alpha value is -0.583. The summed E-state index contributed by atoms with van der Waals surface area (Å²) in [5, 5.41) is 13.6. The van der Waals surface area contributed by atoms with Gasteiger partial charge in [0.1, 0.15) is 0 Å².